The van der Waals surface area contributed by atoms with Crippen molar-refractivity contribution in [1.82, 2.24) is 4.57 Å². The van der Waals surface area contributed by atoms with Gasteiger partial charge in [-0.25, -0.2) is 0 Å². The molecule has 0 saturated carbocycles. The van der Waals surface area contributed by atoms with Gasteiger partial charge in [0.2, 0.25) is 0 Å². The molecule has 1 heterocycles. The monoisotopic (exact) mass is 312 g/mol. The summed E-state index contributed by atoms with van der Waals surface area (Å²) in [6.07, 6.45) is 2.18. The summed E-state index contributed by atoms with van der Waals surface area (Å²) in [4.78, 5) is 2.09. The molecule has 4 nitrogen and oxygen atoms in total. The molecule has 0 aliphatic rings. The predicted octanol–water partition coefficient (Wildman–Crippen LogP) is 3.99. The van der Waals surface area contributed by atoms with E-state index in [1.54, 1.807) is 0 Å². The van der Waals surface area contributed by atoms with Gasteiger partial charge in [-0.05, 0) is 42.8 Å². The van der Waals surface area contributed by atoms with Crippen LogP contribution in [0.2, 0.25) is 0 Å². The Morgan fingerprint density at radius 1 is 1.04 bits per heavy atom. The molecular weight excluding hydrogens is 288 g/mol. The average Bonchev–Trinajstić information content (AvgIpc) is 2.87. The fraction of sp³-hybridized carbons (Fsp3) is 0.368. The summed E-state index contributed by atoms with van der Waals surface area (Å²) in [6, 6.07) is 12.4. The lowest BCUT2D eigenvalue weighted by Crippen LogP contribution is -2.08. The quantitative estimate of drug-likeness (QED) is 0.699. The lowest BCUT2D eigenvalue weighted by molar-refractivity contribution is 0.220. The SMILES string of the molecule is CCCCOc1ccc2c(c1)c1cc(N(C)C)ccc1n2CO. The van der Waals surface area contributed by atoms with Gasteiger partial charge in [-0.3, -0.25) is 0 Å². The van der Waals surface area contributed by atoms with E-state index in [4.69, 9.17) is 4.74 Å². The molecule has 2 aromatic carbocycles. The fourth-order valence-corrected chi connectivity index (χ4v) is 2.93. The van der Waals surface area contributed by atoms with E-state index in [-0.39, 0.29) is 6.73 Å². The smallest absolute Gasteiger partial charge is 0.120 e. The summed E-state index contributed by atoms with van der Waals surface area (Å²) in [7, 11) is 4.07. The van der Waals surface area contributed by atoms with E-state index in [0.29, 0.717) is 0 Å². The maximum Gasteiger partial charge on any atom is 0.120 e. The lowest BCUT2D eigenvalue weighted by atomic mass is 10.1. The predicted molar refractivity (Wildman–Crippen MR) is 96.4 cm³/mol. The Hall–Kier alpha value is -2.20. The molecule has 0 bridgehead atoms. The van der Waals surface area contributed by atoms with E-state index < -0.39 is 0 Å². The highest BCUT2D eigenvalue weighted by Gasteiger charge is 2.12. The number of hydrogen-bond donors (Lipinski definition) is 1. The van der Waals surface area contributed by atoms with Crippen LogP contribution < -0.4 is 9.64 Å². The first-order valence-electron chi connectivity index (χ1n) is 8.12. The molecule has 0 unspecified atom stereocenters. The largest absolute Gasteiger partial charge is 0.494 e. The molecule has 4 heteroatoms. The van der Waals surface area contributed by atoms with E-state index >= 15 is 0 Å². The molecule has 0 aliphatic heterocycles. The van der Waals surface area contributed by atoms with Crippen LogP contribution in [0.1, 0.15) is 19.8 Å². The third kappa shape index (κ3) is 2.86. The van der Waals surface area contributed by atoms with Gasteiger partial charge >= 0.3 is 0 Å². The number of ether oxygens (including phenoxy) is 1. The van der Waals surface area contributed by atoms with Crippen molar-refractivity contribution in [2.24, 2.45) is 0 Å². The van der Waals surface area contributed by atoms with Gasteiger partial charge in [0.05, 0.1) is 17.6 Å². The zero-order valence-electron chi connectivity index (χ0n) is 14.0. The van der Waals surface area contributed by atoms with Crippen LogP contribution in [0, 0.1) is 0 Å². The minimum atomic E-state index is -0.0304. The summed E-state index contributed by atoms with van der Waals surface area (Å²) in [5.74, 6) is 0.887. The minimum absolute atomic E-state index is 0.0304. The standard InChI is InChI=1S/C19H24N2O2/c1-4-5-10-23-15-7-9-19-17(12-15)16-11-14(20(2)3)6-8-18(16)21(19)13-22/h6-9,11-12,22H,4-5,10,13H2,1-3H3. The van der Waals surface area contributed by atoms with Gasteiger partial charge in [0, 0.05) is 30.6 Å². The summed E-state index contributed by atoms with van der Waals surface area (Å²) >= 11 is 0. The maximum absolute atomic E-state index is 9.76. The van der Waals surface area contributed by atoms with Crippen LogP contribution in [0.3, 0.4) is 0 Å². The third-order valence-corrected chi connectivity index (χ3v) is 4.24. The van der Waals surface area contributed by atoms with Crippen molar-refractivity contribution in [3.05, 3.63) is 36.4 Å². The zero-order valence-corrected chi connectivity index (χ0v) is 14.0. The number of anilines is 1. The molecule has 1 N–H and O–H groups in total. The van der Waals surface area contributed by atoms with Crippen LogP contribution in [0.15, 0.2) is 36.4 Å². The highest BCUT2D eigenvalue weighted by Crippen LogP contribution is 2.33. The number of rotatable bonds is 6. The second-order valence-electron chi connectivity index (χ2n) is 6.05. The van der Waals surface area contributed by atoms with Crippen LogP contribution in [0.4, 0.5) is 5.69 Å². The number of aliphatic hydroxyl groups excluding tert-OH is 1. The van der Waals surface area contributed by atoms with Crippen LogP contribution in [0.25, 0.3) is 21.8 Å². The molecule has 23 heavy (non-hydrogen) atoms. The van der Waals surface area contributed by atoms with Crippen LogP contribution in [0.5, 0.6) is 5.75 Å². The Labute approximate surface area is 136 Å². The van der Waals surface area contributed by atoms with Gasteiger partial charge in [0.25, 0.3) is 0 Å². The second kappa shape index (κ2) is 6.50. The maximum atomic E-state index is 9.76. The number of hydrogen-bond acceptors (Lipinski definition) is 3. The number of aromatic nitrogens is 1. The van der Waals surface area contributed by atoms with Gasteiger partial charge in [-0.15, -0.1) is 0 Å². The normalized spacial score (nSPS) is 11.3. The number of fused-ring (bicyclic) bond motifs is 3. The molecule has 3 aromatic rings. The second-order valence-corrected chi connectivity index (χ2v) is 6.05. The number of benzene rings is 2. The summed E-state index contributed by atoms with van der Waals surface area (Å²) in [6.45, 7) is 2.87. The van der Waals surface area contributed by atoms with Crippen LogP contribution >= 0.6 is 0 Å². The van der Waals surface area contributed by atoms with Gasteiger partial charge in [0.15, 0.2) is 0 Å². The van der Waals surface area contributed by atoms with Crippen molar-refractivity contribution < 1.29 is 9.84 Å². The van der Waals surface area contributed by atoms with Crippen molar-refractivity contribution in [2.45, 2.75) is 26.5 Å². The average molecular weight is 312 g/mol. The molecule has 0 radical (unpaired) electrons. The molecule has 122 valence electrons. The molecule has 0 aliphatic carbocycles. The zero-order chi connectivity index (χ0) is 16.4. The van der Waals surface area contributed by atoms with Crippen molar-refractivity contribution in [3.8, 4) is 5.75 Å². The topological polar surface area (TPSA) is 37.6 Å². The van der Waals surface area contributed by atoms with E-state index in [0.717, 1.165) is 52.7 Å². The van der Waals surface area contributed by atoms with E-state index in [2.05, 4.69) is 36.1 Å². The third-order valence-electron chi connectivity index (χ3n) is 4.24. The Morgan fingerprint density at radius 2 is 1.74 bits per heavy atom. The first-order chi connectivity index (χ1) is 11.2. The highest BCUT2D eigenvalue weighted by molar-refractivity contribution is 6.09. The van der Waals surface area contributed by atoms with Gasteiger partial charge < -0.3 is 19.3 Å². The lowest BCUT2D eigenvalue weighted by Gasteiger charge is -2.12. The first kappa shape index (κ1) is 15.7. The van der Waals surface area contributed by atoms with Crippen molar-refractivity contribution >= 4 is 27.5 Å². The Bertz CT molecular complexity index is 821. The van der Waals surface area contributed by atoms with Crippen LogP contribution in [-0.4, -0.2) is 30.4 Å². The van der Waals surface area contributed by atoms with E-state index in [9.17, 15) is 5.11 Å². The Balaban J connectivity index is 2.15. The summed E-state index contributed by atoms with van der Waals surface area (Å²) in [5.41, 5.74) is 3.21. The molecule has 0 spiro atoms. The minimum Gasteiger partial charge on any atom is -0.494 e. The fourth-order valence-electron chi connectivity index (χ4n) is 2.93. The van der Waals surface area contributed by atoms with Crippen molar-refractivity contribution in [1.29, 1.82) is 0 Å². The van der Waals surface area contributed by atoms with Crippen molar-refractivity contribution in [3.63, 3.8) is 0 Å². The summed E-state index contributed by atoms with van der Waals surface area (Å²) < 4.78 is 7.77. The van der Waals surface area contributed by atoms with Gasteiger partial charge in [-0.2, -0.15) is 0 Å². The molecule has 0 saturated heterocycles. The van der Waals surface area contributed by atoms with Crippen molar-refractivity contribution in [2.75, 3.05) is 25.6 Å². The molecule has 0 atom stereocenters. The van der Waals surface area contributed by atoms with Crippen LogP contribution in [-0.2, 0) is 6.73 Å². The molecule has 1 aromatic heterocycles. The Kier molecular flexibility index (Phi) is 4.44. The number of nitrogens with zero attached hydrogens (tertiary/aromatic N) is 2. The molecule has 0 fully saturated rings. The summed E-state index contributed by atoms with van der Waals surface area (Å²) in [5, 5.41) is 12.0. The van der Waals surface area contributed by atoms with E-state index in [1.807, 2.05) is 30.8 Å². The molecule has 0 amide bonds. The Morgan fingerprint density at radius 3 is 2.39 bits per heavy atom. The first-order valence-corrected chi connectivity index (χ1v) is 8.12. The van der Waals surface area contributed by atoms with Gasteiger partial charge in [-0.1, -0.05) is 13.3 Å². The number of unbranched alkanes of at least 4 members (excludes halogenated alkanes) is 1. The van der Waals surface area contributed by atoms with Gasteiger partial charge in [0.1, 0.15) is 12.5 Å². The van der Waals surface area contributed by atoms with E-state index in [1.165, 1.54) is 0 Å². The molecule has 3 rings (SSSR count). The highest BCUT2D eigenvalue weighted by atomic mass is 16.5. The number of aliphatic hydroxyl groups is 1. The molecular formula is C19H24N2O2.